The molecule has 2 unspecified atom stereocenters. The summed E-state index contributed by atoms with van der Waals surface area (Å²) in [5.41, 5.74) is 5.72. The number of rotatable bonds is 3. The Morgan fingerprint density at radius 3 is 3.12 bits per heavy atom. The van der Waals surface area contributed by atoms with E-state index in [1.54, 1.807) is 4.90 Å². The van der Waals surface area contributed by atoms with Crippen molar-refractivity contribution in [3.05, 3.63) is 11.1 Å². The second-order valence-electron chi connectivity index (χ2n) is 4.19. The van der Waals surface area contributed by atoms with Crippen LogP contribution in [0.1, 0.15) is 28.9 Å². The molecule has 0 spiro atoms. The third kappa shape index (κ3) is 2.08. The summed E-state index contributed by atoms with van der Waals surface area (Å²) in [5, 5.41) is 3.69. The summed E-state index contributed by atoms with van der Waals surface area (Å²) in [6.07, 6.45) is 4.86. The predicted octanol–water partition coefficient (Wildman–Crippen LogP) is 0.737. The fourth-order valence-electron chi connectivity index (χ4n) is 2.39. The van der Waals surface area contributed by atoms with Crippen LogP contribution in [0.15, 0.2) is 6.20 Å². The van der Waals surface area contributed by atoms with Crippen LogP contribution in [-0.2, 0) is 0 Å². The molecule has 1 fully saturated rings. The number of nitrogens with zero attached hydrogens (tertiary/aromatic N) is 3. The maximum absolute atomic E-state index is 12.1. The van der Waals surface area contributed by atoms with Gasteiger partial charge in [0.1, 0.15) is 4.88 Å². The molecule has 5 nitrogen and oxygen atoms in total. The first kappa shape index (κ1) is 11.5. The predicted molar refractivity (Wildman–Crippen MR) is 62.2 cm³/mol. The molecule has 88 valence electrons. The normalized spacial score (nSPS) is 24.6. The lowest BCUT2D eigenvalue weighted by Crippen LogP contribution is -2.41. The number of hydrogen-bond donors (Lipinski definition) is 1. The van der Waals surface area contributed by atoms with Crippen LogP contribution in [0, 0.1) is 5.92 Å². The first-order valence-electron chi connectivity index (χ1n) is 5.48. The van der Waals surface area contributed by atoms with E-state index in [0.29, 0.717) is 17.3 Å². The zero-order chi connectivity index (χ0) is 11.5. The number of aromatic nitrogens is 2. The molecule has 1 saturated carbocycles. The van der Waals surface area contributed by atoms with Crippen molar-refractivity contribution in [2.75, 3.05) is 13.6 Å². The summed E-state index contributed by atoms with van der Waals surface area (Å²) < 4.78 is 3.71. The number of amides is 1. The molecule has 1 amide bonds. The van der Waals surface area contributed by atoms with Gasteiger partial charge in [0, 0.05) is 13.1 Å². The van der Waals surface area contributed by atoms with Crippen molar-refractivity contribution < 1.29 is 4.79 Å². The molecule has 1 aromatic rings. The van der Waals surface area contributed by atoms with Crippen LogP contribution < -0.4 is 5.73 Å². The highest BCUT2D eigenvalue weighted by atomic mass is 32.1. The fraction of sp³-hybridized carbons (Fsp3) is 0.700. The van der Waals surface area contributed by atoms with E-state index in [1.165, 1.54) is 6.20 Å². The molecule has 0 radical (unpaired) electrons. The van der Waals surface area contributed by atoms with Crippen LogP contribution in [-0.4, -0.2) is 40.0 Å². The van der Waals surface area contributed by atoms with Crippen LogP contribution in [0.2, 0.25) is 0 Å². The quantitative estimate of drug-likeness (QED) is 0.845. The van der Waals surface area contributed by atoms with Gasteiger partial charge in [0.05, 0.1) is 6.20 Å². The minimum absolute atomic E-state index is 0.0142. The topological polar surface area (TPSA) is 72.1 Å². The molecule has 1 heterocycles. The van der Waals surface area contributed by atoms with Gasteiger partial charge in [0.15, 0.2) is 0 Å². The minimum atomic E-state index is 0.0142. The third-order valence-electron chi connectivity index (χ3n) is 3.31. The lowest BCUT2D eigenvalue weighted by atomic mass is 10.0. The summed E-state index contributed by atoms with van der Waals surface area (Å²) in [6.45, 7) is 0.656. The molecule has 6 heteroatoms. The smallest absolute Gasteiger partial charge is 0.267 e. The average molecular weight is 240 g/mol. The molecule has 2 N–H and O–H groups in total. The monoisotopic (exact) mass is 240 g/mol. The highest BCUT2D eigenvalue weighted by molar-refractivity contribution is 7.07. The van der Waals surface area contributed by atoms with Gasteiger partial charge in [-0.3, -0.25) is 4.79 Å². The molecule has 2 rings (SSSR count). The number of nitrogens with two attached hydrogens (primary N) is 1. The van der Waals surface area contributed by atoms with E-state index >= 15 is 0 Å². The van der Waals surface area contributed by atoms with Crippen molar-refractivity contribution in [3.8, 4) is 0 Å². The highest BCUT2D eigenvalue weighted by Gasteiger charge is 2.32. The highest BCUT2D eigenvalue weighted by Crippen LogP contribution is 2.29. The summed E-state index contributed by atoms with van der Waals surface area (Å²) in [5.74, 6) is 0.454. The molecule has 0 aromatic carbocycles. The number of carbonyl (C=O) groups is 1. The first-order chi connectivity index (χ1) is 7.74. The first-order valence-corrected chi connectivity index (χ1v) is 6.26. The van der Waals surface area contributed by atoms with Crippen LogP contribution >= 0.6 is 11.5 Å². The summed E-state index contributed by atoms with van der Waals surface area (Å²) in [7, 11) is 1.85. The van der Waals surface area contributed by atoms with Gasteiger partial charge in [-0.2, -0.15) is 0 Å². The molecule has 1 aliphatic carbocycles. The molecular weight excluding hydrogens is 224 g/mol. The maximum Gasteiger partial charge on any atom is 0.267 e. The Morgan fingerprint density at radius 1 is 1.69 bits per heavy atom. The zero-order valence-corrected chi connectivity index (χ0v) is 10.1. The number of carbonyl (C=O) groups excluding carboxylic acids is 1. The third-order valence-corrected chi connectivity index (χ3v) is 3.96. The Kier molecular flexibility index (Phi) is 3.50. The van der Waals surface area contributed by atoms with Crippen molar-refractivity contribution in [1.29, 1.82) is 0 Å². The van der Waals surface area contributed by atoms with Crippen LogP contribution in [0.5, 0.6) is 0 Å². The molecule has 0 saturated heterocycles. The van der Waals surface area contributed by atoms with Crippen molar-refractivity contribution in [1.82, 2.24) is 14.5 Å². The van der Waals surface area contributed by atoms with E-state index in [2.05, 4.69) is 9.59 Å². The van der Waals surface area contributed by atoms with Crippen molar-refractivity contribution in [2.45, 2.75) is 25.3 Å². The van der Waals surface area contributed by atoms with Crippen LogP contribution in [0.4, 0.5) is 0 Å². The summed E-state index contributed by atoms with van der Waals surface area (Å²) >= 11 is 1.14. The van der Waals surface area contributed by atoms with Crippen molar-refractivity contribution in [2.24, 2.45) is 11.7 Å². The maximum atomic E-state index is 12.1. The fourth-order valence-corrected chi connectivity index (χ4v) is 2.89. The minimum Gasteiger partial charge on any atom is -0.338 e. The molecular formula is C10H16N4OS. The largest absolute Gasteiger partial charge is 0.338 e. The zero-order valence-electron chi connectivity index (χ0n) is 9.30. The van der Waals surface area contributed by atoms with Crippen LogP contribution in [0.3, 0.4) is 0 Å². The van der Waals surface area contributed by atoms with Gasteiger partial charge < -0.3 is 10.6 Å². The van der Waals surface area contributed by atoms with Crippen LogP contribution in [0.25, 0.3) is 0 Å². The Morgan fingerprint density at radius 2 is 2.50 bits per heavy atom. The molecule has 1 aliphatic rings. The van der Waals surface area contributed by atoms with Crippen molar-refractivity contribution >= 4 is 17.4 Å². The lowest BCUT2D eigenvalue weighted by molar-refractivity contribution is 0.0704. The second kappa shape index (κ2) is 4.88. The van der Waals surface area contributed by atoms with E-state index < -0.39 is 0 Å². The van der Waals surface area contributed by atoms with Gasteiger partial charge in [0.2, 0.25) is 0 Å². The van der Waals surface area contributed by atoms with E-state index in [1.807, 2.05) is 7.05 Å². The van der Waals surface area contributed by atoms with Gasteiger partial charge >= 0.3 is 0 Å². The summed E-state index contributed by atoms with van der Waals surface area (Å²) in [6, 6.07) is 0.277. The van der Waals surface area contributed by atoms with Crippen molar-refractivity contribution in [3.63, 3.8) is 0 Å². The molecule has 0 aliphatic heterocycles. The van der Waals surface area contributed by atoms with E-state index in [9.17, 15) is 4.79 Å². The SMILES string of the molecule is CN(C(=O)c1cnns1)C1CCCC1CN. The Hall–Kier alpha value is -1.01. The standard InChI is InChI=1S/C10H16N4OS/c1-14(8-4-2-3-7(8)5-11)10(15)9-6-12-13-16-9/h6-8H,2-5,11H2,1H3. The lowest BCUT2D eigenvalue weighted by Gasteiger charge is -2.28. The molecule has 1 aromatic heterocycles. The average Bonchev–Trinajstić information content (AvgIpc) is 2.97. The Balaban J connectivity index is 2.07. The van der Waals surface area contributed by atoms with Gasteiger partial charge in [-0.15, -0.1) is 5.10 Å². The Bertz CT molecular complexity index is 354. The number of hydrogen-bond acceptors (Lipinski definition) is 5. The van der Waals surface area contributed by atoms with E-state index in [-0.39, 0.29) is 11.9 Å². The molecule has 0 bridgehead atoms. The second-order valence-corrected chi connectivity index (χ2v) is 4.98. The summed E-state index contributed by atoms with van der Waals surface area (Å²) in [4.78, 5) is 14.5. The van der Waals surface area contributed by atoms with Gasteiger partial charge in [-0.05, 0) is 36.8 Å². The van der Waals surface area contributed by atoms with E-state index in [4.69, 9.17) is 5.73 Å². The van der Waals surface area contributed by atoms with Gasteiger partial charge in [-0.25, -0.2) is 0 Å². The van der Waals surface area contributed by atoms with Gasteiger partial charge in [-0.1, -0.05) is 10.9 Å². The van der Waals surface area contributed by atoms with E-state index in [0.717, 1.165) is 30.8 Å². The molecule has 16 heavy (non-hydrogen) atoms. The Labute approximate surface area is 98.8 Å². The van der Waals surface area contributed by atoms with Gasteiger partial charge in [0.25, 0.3) is 5.91 Å². The molecule has 2 atom stereocenters.